The molecule has 2 atom stereocenters. The maximum atomic E-state index is 13.4. The standard InChI is InChI=1S/C25H25FN2O2S/c1-5-14-25(21-10-12-22(26)13-11-21)15-28(24(29)30-25)17(3)19-6-8-20(9-7-19)23-16(2)27-18(4)31-23/h5-13,17H,1,14-15H2,2-4H3. The smallest absolute Gasteiger partial charge is 0.411 e. The van der Waals surface area contributed by atoms with Crippen molar-refractivity contribution in [3.05, 3.63) is 88.8 Å². The topological polar surface area (TPSA) is 42.4 Å². The first-order valence-corrected chi connectivity index (χ1v) is 11.1. The maximum absolute atomic E-state index is 13.4. The summed E-state index contributed by atoms with van der Waals surface area (Å²) in [5.74, 6) is -0.321. The molecule has 4 nitrogen and oxygen atoms in total. The van der Waals surface area contributed by atoms with E-state index in [-0.39, 0.29) is 18.0 Å². The lowest BCUT2D eigenvalue weighted by atomic mass is 9.89. The summed E-state index contributed by atoms with van der Waals surface area (Å²) in [5.41, 5.74) is 3.07. The number of amides is 1. The number of carbonyl (C=O) groups is 1. The molecule has 160 valence electrons. The predicted octanol–water partition coefficient (Wildman–Crippen LogP) is 6.55. The van der Waals surface area contributed by atoms with E-state index >= 15 is 0 Å². The Kier molecular flexibility index (Phi) is 5.67. The fourth-order valence-electron chi connectivity index (χ4n) is 4.15. The molecule has 4 rings (SSSR count). The van der Waals surface area contributed by atoms with Crippen molar-refractivity contribution in [1.82, 2.24) is 9.88 Å². The first-order chi connectivity index (χ1) is 14.8. The van der Waals surface area contributed by atoms with Gasteiger partial charge in [-0.3, -0.25) is 4.90 Å². The van der Waals surface area contributed by atoms with Crippen LogP contribution < -0.4 is 0 Å². The quantitative estimate of drug-likeness (QED) is 0.412. The van der Waals surface area contributed by atoms with Crippen molar-refractivity contribution in [2.45, 2.75) is 38.8 Å². The molecule has 0 spiro atoms. The Morgan fingerprint density at radius 1 is 1.23 bits per heavy atom. The Bertz CT molecular complexity index is 1110. The highest BCUT2D eigenvalue weighted by Crippen LogP contribution is 2.40. The zero-order valence-electron chi connectivity index (χ0n) is 17.9. The Hall–Kier alpha value is -2.99. The third-order valence-corrected chi connectivity index (χ3v) is 6.94. The highest BCUT2D eigenvalue weighted by Gasteiger charge is 2.47. The molecule has 6 heteroatoms. The largest absolute Gasteiger partial charge is 0.436 e. The van der Waals surface area contributed by atoms with E-state index in [0.29, 0.717) is 13.0 Å². The lowest BCUT2D eigenvalue weighted by Gasteiger charge is -2.28. The number of rotatable bonds is 6. The van der Waals surface area contributed by atoms with Gasteiger partial charge in [-0.15, -0.1) is 17.9 Å². The molecule has 2 heterocycles. The molecular formula is C25H25FN2O2S. The van der Waals surface area contributed by atoms with Gasteiger partial charge in [0.15, 0.2) is 5.60 Å². The molecule has 2 aromatic carbocycles. The van der Waals surface area contributed by atoms with E-state index in [9.17, 15) is 9.18 Å². The second-order valence-electron chi connectivity index (χ2n) is 7.94. The normalized spacial score (nSPS) is 19.4. The highest BCUT2D eigenvalue weighted by molar-refractivity contribution is 7.15. The third-order valence-electron chi connectivity index (χ3n) is 5.81. The Morgan fingerprint density at radius 2 is 1.90 bits per heavy atom. The molecule has 31 heavy (non-hydrogen) atoms. The third kappa shape index (κ3) is 4.00. The summed E-state index contributed by atoms with van der Waals surface area (Å²) in [6, 6.07) is 14.2. The molecule has 1 aromatic heterocycles. The number of carbonyl (C=O) groups excluding carboxylic acids is 1. The van der Waals surface area contributed by atoms with Crippen molar-refractivity contribution < 1.29 is 13.9 Å². The van der Waals surface area contributed by atoms with Crippen LogP contribution in [0, 0.1) is 19.7 Å². The average molecular weight is 437 g/mol. The molecule has 0 saturated carbocycles. The van der Waals surface area contributed by atoms with Gasteiger partial charge in [0.05, 0.1) is 28.2 Å². The van der Waals surface area contributed by atoms with Gasteiger partial charge >= 0.3 is 6.09 Å². The van der Waals surface area contributed by atoms with Crippen molar-refractivity contribution in [2.75, 3.05) is 6.54 Å². The first kappa shape index (κ1) is 21.2. The monoisotopic (exact) mass is 436 g/mol. The summed E-state index contributed by atoms with van der Waals surface area (Å²) in [4.78, 5) is 20.2. The molecule has 0 bridgehead atoms. The van der Waals surface area contributed by atoms with Crippen LogP contribution in [-0.4, -0.2) is 22.5 Å². The van der Waals surface area contributed by atoms with E-state index in [4.69, 9.17) is 4.74 Å². The van der Waals surface area contributed by atoms with Crippen molar-refractivity contribution in [1.29, 1.82) is 0 Å². The fourth-order valence-corrected chi connectivity index (χ4v) is 5.07. The summed E-state index contributed by atoms with van der Waals surface area (Å²) in [7, 11) is 0. The van der Waals surface area contributed by atoms with Crippen LogP contribution in [-0.2, 0) is 10.3 Å². The van der Waals surface area contributed by atoms with Crippen LogP contribution in [0.3, 0.4) is 0 Å². The highest BCUT2D eigenvalue weighted by atomic mass is 32.1. The number of benzene rings is 2. The number of thiazole rings is 1. The number of hydrogen-bond acceptors (Lipinski definition) is 4. The number of cyclic esters (lactones) is 1. The van der Waals surface area contributed by atoms with E-state index in [0.717, 1.165) is 27.4 Å². The lowest BCUT2D eigenvalue weighted by Crippen LogP contribution is -2.33. The molecule has 2 unspecified atom stereocenters. The van der Waals surface area contributed by atoms with Crippen molar-refractivity contribution in [3.8, 4) is 10.4 Å². The van der Waals surface area contributed by atoms with Crippen LogP contribution in [0.5, 0.6) is 0 Å². The fraction of sp³-hybridized carbons (Fsp3) is 0.280. The van der Waals surface area contributed by atoms with Crippen LogP contribution in [0.25, 0.3) is 10.4 Å². The maximum Gasteiger partial charge on any atom is 0.411 e. The van der Waals surface area contributed by atoms with Gasteiger partial charge in [-0.1, -0.05) is 42.5 Å². The number of hydrogen-bond donors (Lipinski definition) is 0. The van der Waals surface area contributed by atoms with Gasteiger partial charge in [-0.05, 0) is 49.6 Å². The second kappa shape index (κ2) is 8.27. The van der Waals surface area contributed by atoms with Crippen LogP contribution in [0.2, 0.25) is 0 Å². The zero-order chi connectivity index (χ0) is 22.2. The van der Waals surface area contributed by atoms with Crippen LogP contribution in [0.1, 0.15) is 41.2 Å². The number of nitrogens with zero attached hydrogens (tertiary/aromatic N) is 2. The van der Waals surface area contributed by atoms with E-state index in [1.165, 1.54) is 17.0 Å². The van der Waals surface area contributed by atoms with Gasteiger partial charge in [0.1, 0.15) is 5.82 Å². The van der Waals surface area contributed by atoms with E-state index < -0.39 is 5.60 Å². The molecule has 3 aromatic rings. The summed E-state index contributed by atoms with van der Waals surface area (Å²) >= 11 is 1.68. The second-order valence-corrected chi connectivity index (χ2v) is 9.14. The number of aryl methyl sites for hydroxylation is 2. The summed E-state index contributed by atoms with van der Waals surface area (Å²) in [6.07, 6.45) is 1.81. The van der Waals surface area contributed by atoms with Crippen molar-refractivity contribution in [3.63, 3.8) is 0 Å². The van der Waals surface area contributed by atoms with Crippen molar-refractivity contribution in [2.24, 2.45) is 0 Å². The first-order valence-electron chi connectivity index (χ1n) is 10.2. The minimum absolute atomic E-state index is 0.169. The molecule has 1 amide bonds. The minimum Gasteiger partial charge on any atom is -0.436 e. The van der Waals surface area contributed by atoms with Gasteiger partial charge in [0.2, 0.25) is 0 Å². The molecule has 1 saturated heterocycles. The number of aromatic nitrogens is 1. The summed E-state index contributed by atoms with van der Waals surface area (Å²) < 4.78 is 19.3. The molecule has 0 N–H and O–H groups in total. The van der Waals surface area contributed by atoms with E-state index in [1.54, 1.807) is 34.4 Å². The zero-order valence-corrected chi connectivity index (χ0v) is 18.7. The number of halogens is 1. The summed E-state index contributed by atoms with van der Waals surface area (Å²) in [5, 5.41) is 1.05. The Morgan fingerprint density at radius 3 is 2.48 bits per heavy atom. The molecule has 0 radical (unpaired) electrons. The van der Waals surface area contributed by atoms with Gasteiger partial charge in [-0.2, -0.15) is 0 Å². The lowest BCUT2D eigenvalue weighted by molar-refractivity contribution is 0.0568. The summed E-state index contributed by atoms with van der Waals surface area (Å²) in [6.45, 7) is 10.2. The molecule has 1 fully saturated rings. The van der Waals surface area contributed by atoms with Crippen LogP contribution in [0.15, 0.2) is 61.2 Å². The number of ether oxygens (including phenoxy) is 1. The Labute approximate surface area is 186 Å². The van der Waals surface area contributed by atoms with Crippen LogP contribution >= 0.6 is 11.3 Å². The van der Waals surface area contributed by atoms with Crippen molar-refractivity contribution >= 4 is 17.4 Å². The van der Waals surface area contributed by atoms with Gasteiger partial charge in [0, 0.05) is 6.42 Å². The predicted molar refractivity (Wildman–Crippen MR) is 122 cm³/mol. The SMILES string of the molecule is C=CCC1(c2ccc(F)cc2)CN(C(C)c2ccc(-c3sc(C)nc3C)cc2)C(=O)O1. The average Bonchev–Trinajstić information content (AvgIpc) is 3.27. The molecule has 1 aliphatic heterocycles. The minimum atomic E-state index is -0.863. The van der Waals surface area contributed by atoms with E-state index in [2.05, 4.69) is 23.7 Å². The molecule has 0 aliphatic carbocycles. The van der Waals surface area contributed by atoms with Gasteiger partial charge < -0.3 is 4.74 Å². The van der Waals surface area contributed by atoms with Gasteiger partial charge in [-0.25, -0.2) is 14.2 Å². The molecular weight excluding hydrogens is 411 g/mol. The van der Waals surface area contributed by atoms with Gasteiger partial charge in [0.25, 0.3) is 0 Å². The Balaban J connectivity index is 1.59. The van der Waals surface area contributed by atoms with E-state index in [1.807, 2.05) is 32.9 Å². The van der Waals surface area contributed by atoms with Crippen LogP contribution in [0.4, 0.5) is 9.18 Å². The molecule has 1 aliphatic rings.